The summed E-state index contributed by atoms with van der Waals surface area (Å²) >= 11 is 0. The van der Waals surface area contributed by atoms with Crippen LogP contribution in [0.1, 0.15) is 31.2 Å². The Bertz CT molecular complexity index is 390. The fourth-order valence-corrected chi connectivity index (χ4v) is 3.73. The number of halogens is 1. The molecule has 1 saturated heterocycles. The van der Waals surface area contributed by atoms with E-state index < -0.39 is 0 Å². The van der Waals surface area contributed by atoms with Gasteiger partial charge in [-0.05, 0) is 37.8 Å². The molecule has 1 heterocycles. The fourth-order valence-electron chi connectivity index (χ4n) is 3.73. The number of benzene rings is 1. The minimum Gasteiger partial charge on any atom is -0.323 e. The van der Waals surface area contributed by atoms with Gasteiger partial charge in [-0.15, -0.1) is 0 Å². The van der Waals surface area contributed by atoms with Crippen LogP contribution in [0.5, 0.6) is 0 Å². The maximum Gasteiger partial charge on any atom is 0.127 e. The molecule has 0 radical (unpaired) electrons. The van der Waals surface area contributed by atoms with E-state index in [1.165, 1.54) is 57.4 Å². The smallest absolute Gasteiger partial charge is 0.127 e. The molecule has 0 spiro atoms. The molecule has 3 rings (SSSR count). The Kier molecular flexibility index (Phi) is 4.14. The van der Waals surface area contributed by atoms with Crippen LogP contribution >= 0.6 is 0 Å². The van der Waals surface area contributed by atoms with Crippen LogP contribution in [0, 0.1) is 5.82 Å². The first-order valence-electron chi connectivity index (χ1n) is 7.74. The first-order valence-corrected chi connectivity index (χ1v) is 7.74. The predicted molar refractivity (Wildman–Crippen MR) is 73.8 cm³/mol. The minimum absolute atomic E-state index is 0.130. The second-order valence-corrected chi connectivity index (χ2v) is 6.19. The van der Waals surface area contributed by atoms with Crippen LogP contribution in [0.15, 0.2) is 24.3 Å². The molecule has 2 aliphatic rings. The lowest BCUT2D eigenvalue weighted by Crippen LogP contribution is -3.29. The van der Waals surface area contributed by atoms with E-state index in [0.717, 1.165) is 12.6 Å². The van der Waals surface area contributed by atoms with E-state index in [2.05, 4.69) is 0 Å². The van der Waals surface area contributed by atoms with Gasteiger partial charge in [0.2, 0.25) is 0 Å². The van der Waals surface area contributed by atoms with Crippen molar-refractivity contribution in [3.63, 3.8) is 0 Å². The molecule has 1 saturated carbocycles. The van der Waals surface area contributed by atoms with Crippen molar-refractivity contribution in [1.29, 1.82) is 0 Å². The number of nitrogens with one attached hydrogen (secondary N) is 2. The molecule has 2 fully saturated rings. The Balaban J connectivity index is 1.48. The van der Waals surface area contributed by atoms with E-state index in [1.807, 2.05) is 17.0 Å². The molecule has 0 atom stereocenters. The Morgan fingerprint density at radius 3 is 2.21 bits per heavy atom. The summed E-state index contributed by atoms with van der Waals surface area (Å²) < 4.78 is 12.9. The van der Waals surface area contributed by atoms with Crippen LogP contribution in [0.3, 0.4) is 0 Å². The normalized spacial score (nSPS) is 28.7. The number of quaternary nitrogens is 2. The van der Waals surface area contributed by atoms with Crippen molar-refractivity contribution in [1.82, 2.24) is 0 Å². The molecule has 19 heavy (non-hydrogen) atoms. The predicted octanol–water partition coefficient (Wildman–Crippen LogP) is 0.0517. The highest BCUT2D eigenvalue weighted by atomic mass is 19.1. The van der Waals surface area contributed by atoms with E-state index in [4.69, 9.17) is 0 Å². The van der Waals surface area contributed by atoms with Gasteiger partial charge in [0.15, 0.2) is 0 Å². The van der Waals surface area contributed by atoms with Crippen LogP contribution in [-0.4, -0.2) is 32.2 Å². The quantitative estimate of drug-likeness (QED) is 0.763. The summed E-state index contributed by atoms with van der Waals surface area (Å²) in [5.74, 6) is -0.130. The molecule has 0 amide bonds. The zero-order valence-corrected chi connectivity index (χ0v) is 11.6. The summed E-state index contributed by atoms with van der Waals surface area (Å²) in [6.07, 6.45) is 5.78. The third kappa shape index (κ3) is 3.34. The van der Waals surface area contributed by atoms with Crippen molar-refractivity contribution in [2.75, 3.05) is 26.2 Å². The lowest BCUT2D eigenvalue weighted by atomic mass is 10.1. The van der Waals surface area contributed by atoms with Crippen molar-refractivity contribution in [2.24, 2.45) is 0 Å². The molecule has 2 nitrogen and oxygen atoms in total. The monoisotopic (exact) mass is 264 g/mol. The van der Waals surface area contributed by atoms with E-state index in [1.54, 1.807) is 17.0 Å². The van der Waals surface area contributed by atoms with Crippen molar-refractivity contribution in [3.8, 4) is 0 Å². The maximum atomic E-state index is 12.9. The lowest BCUT2D eigenvalue weighted by Gasteiger charge is -2.33. The maximum absolute atomic E-state index is 12.9. The lowest BCUT2D eigenvalue weighted by molar-refractivity contribution is -1.03. The second kappa shape index (κ2) is 6.02. The highest BCUT2D eigenvalue weighted by Gasteiger charge is 2.31. The molecule has 1 aliphatic carbocycles. The van der Waals surface area contributed by atoms with Gasteiger partial charge in [-0.25, -0.2) is 4.39 Å². The van der Waals surface area contributed by atoms with E-state index in [-0.39, 0.29) is 5.82 Å². The molecular weight excluding hydrogens is 239 g/mol. The number of hydrogen-bond acceptors (Lipinski definition) is 0. The Hall–Kier alpha value is -0.930. The van der Waals surface area contributed by atoms with Gasteiger partial charge in [-0.3, -0.25) is 0 Å². The van der Waals surface area contributed by atoms with Gasteiger partial charge in [0.05, 0.1) is 6.04 Å². The van der Waals surface area contributed by atoms with E-state index in [0.29, 0.717) is 0 Å². The Labute approximate surface area is 115 Å². The molecule has 1 aliphatic heterocycles. The zero-order valence-electron chi connectivity index (χ0n) is 11.6. The Morgan fingerprint density at radius 2 is 1.58 bits per heavy atom. The summed E-state index contributed by atoms with van der Waals surface area (Å²) in [5.41, 5.74) is 1.26. The largest absolute Gasteiger partial charge is 0.323 e. The van der Waals surface area contributed by atoms with Gasteiger partial charge < -0.3 is 9.80 Å². The molecule has 0 unspecified atom stereocenters. The first kappa shape index (κ1) is 13.1. The van der Waals surface area contributed by atoms with Gasteiger partial charge in [-0.2, -0.15) is 0 Å². The van der Waals surface area contributed by atoms with Crippen LogP contribution in [-0.2, 0) is 6.54 Å². The van der Waals surface area contributed by atoms with E-state index >= 15 is 0 Å². The minimum atomic E-state index is -0.130. The van der Waals surface area contributed by atoms with Crippen molar-refractivity contribution < 1.29 is 14.2 Å². The molecule has 104 valence electrons. The average Bonchev–Trinajstić information content (AvgIpc) is 2.96. The fraction of sp³-hybridized carbons (Fsp3) is 0.625. The van der Waals surface area contributed by atoms with Crippen LogP contribution in [0.2, 0.25) is 0 Å². The van der Waals surface area contributed by atoms with Gasteiger partial charge in [0.25, 0.3) is 0 Å². The number of hydrogen-bond donors (Lipinski definition) is 2. The summed E-state index contributed by atoms with van der Waals surface area (Å²) in [7, 11) is 0. The van der Waals surface area contributed by atoms with Crippen LogP contribution in [0.25, 0.3) is 0 Å². The first-order chi connectivity index (χ1) is 9.31. The highest BCUT2D eigenvalue weighted by molar-refractivity contribution is 5.14. The summed E-state index contributed by atoms with van der Waals surface area (Å²) in [6.45, 7) is 6.23. The van der Waals surface area contributed by atoms with Crippen molar-refractivity contribution >= 4 is 0 Å². The summed E-state index contributed by atoms with van der Waals surface area (Å²) in [6, 6.07) is 7.97. The third-order valence-corrected chi connectivity index (χ3v) is 4.90. The topological polar surface area (TPSA) is 8.88 Å². The number of rotatable bonds is 3. The van der Waals surface area contributed by atoms with Gasteiger partial charge >= 0.3 is 0 Å². The molecule has 1 aromatic carbocycles. The molecule has 3 heteroatoms. The summed E-state index contributed by atoms with van der Waals surface area (Å²) in [5, 5.41) is 0. The zero-order chi connectivity index (χ0) is 13.1. The van der Waals surface area contributed by atoms with Crippen LogP contribution < -0.4 is 9.80 Å². The number of piperazine rings is 1. The molecular formula is C16H25FN2+2. The molecule has 0 bridgehead atoms. The third-order valence-electron chi connectivity index (χ3n) is 4.90. The van der Waals surface area contributed by atoms with Crippen molar-refractivity contribution in [3.05, 3.63) is 35.6 Å². The molecule has 2 N–H and O–H groups in total. The van der Waals surface area contributed by atoms with Gasteiger partial charge in [0.1, 0.15) is 38.5 Å². The summed E-state index contributed by atoms with van der Waals surface area (Å²) in [4.78, 5) is 3.51. The molecule has 0 aromatic heterocycles. The van der Waals surface area contributed by atoms with Crippen LogP contribution in [0.4, 0.5) is 4.39 Å². The van der Waals surface area contributed by atoms with Gasteiger partial charge in [0, 0.05) is 5.56 Å². The molecule has 1 aromatic rings. The standard InChI is InChI=1S/C16H23FN2/c17-15-7-5-14(6-8-15)13-18-9-11-19(12-10-18)16-3-1-2-4-16/h5-8,16H,1-4,9-13H2/p+2. The van der Waals surface area contributed by atoms with E-state index in [9.17, 15) is 4.39 Å². The van der Waals surface area contributed by atoms with Gasteiger partial charge in [-0.1, -0.05) is 12.1 Å². The van der Waals surface area contributed by atoms with Crippen molar-refractivity contribution in [2.45, 2.75) is 38.3 Å². The SMILES string of the molecule is Fc1ccc(C[NH+]2CC[NH+](C3CCCC3)CC2)cc1. The second-order valence-electron chi connectivity index (χ2n) is 6.19. The Morgan fingerprint density at radius 1 is 0.947 bits per heavy atom. The highest BCUT2D eigenvalue weighted by Crippen LogP contribution is 2.15. The average molecular weight is 264 g/mol.